The molecule has 0 aromatic heterocycles. The molecule has 3 rings (SSSR count). The molecule has 0 radical (unpaired) electrons. The highest BCUT2D eigenvalue weighted by molar-refractivity contribution is 8.16. The van der Waals surface area contributed by atoms with Gasteiger partial charge in [0.25, 0.3) is 11.1 Å². The predicted octanol–water partition coefficient (Wildman–Crippen LogP) is 3.42. The molecule has 6 nitrogen and oxygen atoms in total. The van der Waals surface area contributed by atoms with Crippen LogP contribution in [0.3, 0.4) is 0 Å². The van der Waals surface area contributed by atoms with Gasteiger partial charge >= 0.3 is 5.97 Å². The van der Waals surface area contributed by atoms with Crippen LogP contribution < -0.4 is 10.2 Å². The highest BCUT2D eigenvalue weighted by Crippen LogP contribution is 2.33. The highest BCUT2D eigenvalue weighted by Gasteiger charge is 2.41. The van der Waals surface area contributed by atoms with Crippen LogP contribution in [0.15, 0.2) is 48.5 Å². The molecule has 1 aliphatic rings. The molecule has 0 aliphatic carbocycles. The summed E-state index contributed by atoms with van der Waals surface area (Å²) in [6.45, 7) is 1.89. The van der Waals surface area contributed by atoms with E-state index in [1.807, 2.05) is 13.0 Å². The summed E-state index contributed by atoms with van der Waals surface area (Å²) in [5, 5.41) is 1.80. The summed E-state index contributed by atoms with van der Waals surface area (Å²) >= 11 is 0.880. The van der Waals surface area contributed by atoms with Crippen molar-refractivity contribution >= 4 is 40.3 Å². The second kappa shape index (κ2) is 6.98. The lowest BCUT2D eigenvalue weighted by Crippen LogP contribution is -2.34. The molecule has 1 atom stereocenters. The number of methoxy groups -OCH3 is 1. The van der Waals surface area contributed by atoms with Crippen molar-refractivity contribution in [2.45, 2.75) is 12.3 Å². The molecular formula is C18H16N2O4S. The molecule has 1 fully saturated rings. The maximum absolute atomic E-state index is 12.7. The van der Waals surface area contributed by atoms with Gasteiger partial charge in [0.15, 0.2) is 5.37 Å². The number of carbonyl (C=O) groups is 3. The molecule has 2 amide bonds. The van der Waals surface area contributed by atoms with Crippen molar-refractivity contribution in [2.24, 2.45) is 0 Å². The lowest BCUT2D eigenvalue weighted by molar-refractivity contribution is -0.116. The minimum absolute atomic E-state index is 0.305. The number of thioether (sulfide) groups is 1. The quantitative estimate of drug-likeness (QED) is 0.846. The molecule has 1 aliphatic heterocycles. The van der Waals surface area contributed by atoms with E-state index in [-0.39, 0.29) is 11.1 Å². The van der Waals surface area contributed by atoms with E-state index in [1.165, 1.54) is 7.11 Å². The first-order valence-corrected chi connectivity index (χ1v) is 8.44. The first-order chi connectivity index (χ1) is 12.0. The van der Waals surface area contributed by atoms with Crippen molar-refractivity contribution in [1.29, 1.82) is 0 Å². The lowest BCUT2D eigenvalue weighted by atomic mass is 10.1. The molecule has 2 aromatic carbocycles. The Kier molecular flexibility index (Phi) is 4.76. The van der Waals surface area contributed by atoms with Gasteiger partial charge in [0.1, 0.15) is 0 Å². The fraction of sp³-hybridized carbons (Fsp3) is 0.167. The zero-order valence-corrected chi connectivity index (χ0v) is 14.5. The molecule has 0 saturated carbocycles. The van der Waals surface area contributed by atoms with E-state index in [4.69, 9.17) is 4.74 Å². The summed E-state index contributed by atoms with van der Waals surface area (Å²) in [4.78, 5) is 38.0. The first-order valence-electron chi connectivity index (χ1n) is 7.56. The van der Waals surface area contributed by atoms with Crippen LogP contribution in [-0.2, 0) is 9.53 Å². The number of hydrogen-bond donors (Lipinski definition) is 1. The largest absolute Gasteiger partial charge is 0.465 e. The molecule has 0 bridgehead atoms. The third-order valence-corrected chi connectivity index (χ3v) is 4.66. The number of carbonyl (C=O) groups excluding carboxylic acids is 3. The standard InChI is InChI=1S/C18H16N2O4S/c1-11-6-5-7-12(10-11)20-16(21)15(25-18(20)23)19-14-9-4-3-8-13(14)17(22)24-2/h3-10,15,19H,1-2H3. The number of ether oxygens (including phenoxy) is 1. The zero-order valence-electron chi connectivity index (χ0n) is 13.7. The number of nitrogens with one attached hydrogen (secondary N) is 1. The van der Waals surface area contributed by atoms with Gasteiger partial charge in [-0.3, -0.25) is 9.59 Å². The van der Waals surface area contributed by atoms with Gasteiger partial charge < -0.3 is 10.1 Å². The second-order valence-electron chi connectivity index (χ2n) is 5.46. The number of hydrogen-bond acceptors (Lipinski definition) is 6. The number of amides is 2. The monoisotopic (exact) mass is 356 g/mol. The molecule has 1 heterocycles. The van der Waals surface area contributed by atoms with Gasteiger partial charge in [-0.15, -0.1) is 0 Å². The Morgan fingerprint density at radius 3 is 2.64 bits per heavy atom. The molecule has 0 spiro atoms. The molecule has 128 valence electrons. The topological polar surface area (TPSA) is 75.7 Å². The van der Waals surface area contributed by atoms with Crippen molar-refractivity contribution in [3.8, 4) is 0 Å². The van der Waals surface area contributed by atoms with Gasteiger partial charge in [-0.25, -0.2) is 9.69 Å². The summed E-state index contributed by atoms with van der Waals surface area (Å²) in [6, 6.07) is 13.9. The van der Waals surface area contributed by atoms with Crippen LogP contribution in [0.4, 0.5) is 16.2 Å². The van der Waals surface area contributed by atoms with E-state index in [0.29, 0.717) is 16.9 Å². The Morgan fingerprint density at radius 2 is 1.92 bits per heavy atom. The van der Waals surface area contributed by atoms with Crippen molar-refractivity contribution in [2.75, 3.05) is 17.3 Å². The van der Waals surface area contributed by atoms with Crippen LogP contribution in [0.25, 0.3) is 0 Å². The Hall–Kier alpha value is -2.80. The third kappa shape index (κ3) is 3.36. The number of benzene rings is 2. The van der Waals surface area contributed by atoms with Gasteiger partial charge in [-0.05, 0) is 48.5 Å². The average molecular weight is 356 g/mol. The van der Waals surface area contributed by atoms with Crippen LogP contribution >= 0.6 is 11.8 Å². The van der Waals surface area contributed by atoms with Crippen molar-refractivity contribution in [3.63, 3.8) is 0 Å². The van der Waals surface area contributed by atoms with Crippen molar-refractivity contribution in [1.82, 2.24) is 0 Å². The molecule has 1 unspecified atom stereocenters. The molecule has 2 aromatic rings. The van der Waals surface area contributed by atoms with E-state index in [0.717, 1.165) is 22.2 Å². The maximum atomic E-state index is 12.7. The number of para-hydroxylation sites is 1. The fourth-order valence-corrected chi connectivity index (χ4v) is 3.43. The Morgan fingerprint density at radius 1 is 1.16 bits per heavy atom. The van der Waals surface area contributed by atoms with Gasteiger partial charge in [0, 0.05) is 5.69 Å². The van der Waals surface area contributed by atoms with Gasteiger partial charge in [-0.1, -0.05) is 24.3 Å². The minimum Gasteiger partial charge on any atom is -0.465 e. The Labute approximate surface area is 149 Å². The molecule has 1 saturated heterocycles. The van der Waals surface area contributed by atoms with Gasteiger partial charge in [-0.2, -0.15) is 0 Å². The average Bonchev–Trinajstić information content (AvgIpc) is 2.88. The summed E-state index contributed by atoms with van der Waals surface area (Å²) in [7, 11) is 1.29. The minimum atomic E-state index is -0.807. The van der Waals surface area contributed by atoms with Crippen LogP contribution in [0.2, 0.25) is 0 Å². The lowest BCUT2D eigenvalue weighted by Gasteiger charge is -2.16. The summed E-state index contributed by atoms with van der Waals surface area (Å²) in [5.74, 6) is -0.888. The van der Waals surface area contributed by atoms with E-state index in [9.17, 15) is 14.4 Å². The van der Waals surface area contributed by atoms with Crippen LogP contribution in [-0.4, -0.2) is 29.6 Å². The van der Waals surface area contributed by atoms with Crippen LogP contribution in [0, 0.1) is 6.92 Å². The number of imide groups is 1. The third-order valence-electron chi connectivity index (χ3n) is 3.72. The zero-order chi connectivity index (χ0) is 18.0. The van der Waals surface area contributed by atoms with E-state index < -0.39 is 11.3 Å². The molecule has 7 heteroatoms. The predicted molar refractivity (Wildman–Crippen MR) is 96.8 cm³/mol. The van der Waals surface area contributed by atoms with Crippen molar-refractivity contribution in [3.05, 3.63) is 59.7 Å². The number of anilines is 2. The summed E-state index contributed by atoms with van der Waals surface area (Å²) in [5.41, 5.74) is 2.24. The Balaban J connectivity index is 1.85. The summed E-state index contributed by atoms with van der Waals surface area (Å²) in [6.07, 6.45) is 0. The van der Waals surface area contributed by atoms with E-state index >= 15 is 0 Å². The number of esters is 1. The maximum Gasteiger partial charge on any atom is 0.339 e. The molecule has 25 heavy (non-hydrogen) atoms. The normalized spacial score (nSPS) is 16.9. The number of nitrogens with zero attached hydrogens (tertiary/aromatic N) is 1. The fourth-order valence-electron chi connectivity index (χ4n) is 2.54. The number of rotatable bonds is 4. The Bertz CT molecular complexity index is 852. The SMILES string of the molecule is COC(=O)c1ccccc1NC1SC(=O)N(c2cccc(C)c2)C1=O. The van der Waals surface area contributed by atoms with Crippen LogP contribution in [0.1, 0.15) is 15.9 Å². The number of aryl methyl sites for hydroxylation is 1. The highest BCUT2D eigenvalue weighted by atomic mass is 32.2. The van der Waals surface area contributed by atoms with Gasteiger partial charge in [0.2, 0.25) is 0 Å². The summed E-state index contributed by atoms with van der Waals surface area (Å²) < 4.78 is 4.74. The van der Waals surface area contributed by atoms with E-state index in [2.05, 4.69) is 5.32 Å². The first kappa shape index (κ1) is 17.0. The smallest absolute Gasteiger partial charge is 0.339 e. The molecular weight excluding hydrogens is 340 g/mol. The van der Waals surface area contributed by atoms with Gasteiger partial charge in [0.05, 0.1) is 18.4 Å². The van der Waals surface area contributed by atoms with Crippen LogP contribution in [0.5, 0.6) is 0 Å². The van der Waals surface area contributed by atoms with Crippen molar-refractivity contribution < 1.29 is 19.1 Å². The van der Waals surface area contributed by atoms with E-state index in [1.54, 1.807) is 42.5 Å². The second-order valence-corrected chi connectivity index (χ2v) is 6.51. The molecule has 1 N–H and O–H groups in total.